The lowest BCUT2D eigenvalue weighted by atomic mass is 9.95. The number of rotatable bonds is 6. The average molecular weight is 542 g/mol. The number of aliphatic hydroxyl groups is 1. The molecule has 8 nitrogen and oxygen atoms in total. The van der Waals surface area contributed by atoms with Gasteiger partial charge in [0.1, 0.15) is 11.5 Å². The van der Waals surface area contributed by atoms with Crippen LogP contribution in [0.2, 0.25) is 10.0 Å². The second kappa shape index (κ2) is 9.88. The van der Waals surface area contributed by atoms with Crippen LogP contribution in [0.25, 0.3) is 5.76 Å². The molecule has 3 aromatic carbocycles. The van der Waals surface area contributed by atoms with Crippen LogP contribution in [-0.4, -0.2) is 37.3 Å². The predicted octanol–water partition coefficient (Wildman–Crippen LogP) is 5.76. The highest BCUT2D eigenvalue weighted by Gasteiger charge is 2.47. The van der Waals surface area contributed by atoms with E-state index in [0.717, 1.165) is 0 Å². The van der Waals surface area contributed by atoms with E-state index in [2.05, 4.69) is 0 Å². The lowest BCUT2D eigenvalue weighted by Crippen LogP contribution is -2.29. The first-order valence-corrected chi connectivity index (χ1v) is 12.1. The summed E-state index contributed by atoms with van der Waals surface area (Å²) in [5, 5.41) is 11.7. The highest BCUT2D eigenvalue weighted by molar-refractivity contribution is 6.51. The largest absolute Gasteiger partial charge is 0.507 e. The second-order valence-electron chi connectivity index (χ2n) is 8.19. The standard InChI is InChI=1S/C27H21Cl2NO7/c1-3-35-17-6-4-5-14(9-17)23-22(24(31)15-10-18(28)26(34-2)19(29)11-15)25(32)27(33)30(23)16-7-8-20-21(12-16)37-13-36-20/h4-12,23,31H,3,13H2,1-2H3/b24-22+. The van der Waals surface area contributed by atoms with Crippen molar-refractivity contribution < 1.29 is 33.6 Å². The van der Waals surface area contributed by atoms with Gasteiger partial charge in [-0.15, -0.1) is 0 Å². The van der Waals surface area contributed by atoms with Crippen molar-refractivity contribution in [3.05, 3.63) is 81.3 Å². The fraction of sp³-hybridized carbons (Fsp3) is 0.185. The molecule has 1 atom stereocenters. The minimum Gasteiger partial charge on any atom is -0.507 e. The Balaban J connectivity index is 1.72. The molecular weight excluding hydrogens is 521 g/mol. The molecule has 190 valence electrons. The molecule has 1 amide bonds. The fourth-order valence-electron chi connectivity index (χ4n) is 4.44. The monoisotopic (exact) mass is 541 g/mol. The van der Waals surface area contributed by atoms with E-state index in [1.165, 1.54) is 24.1 Å². The molecule has 1 N–H and O–H groups in total. The molecule has 10 heteroatoms. The van der Waals surface area contributed by atoms with Gasteiger partial charge in [-0.1, -0.05) is 35.3 Å². The molecule has 0 radical (unpaired) electrons. The number of halogens is 2. The third-order valence-corrected chi connectivity index (χ3v) is 6.60. The van der Waals surface area contributed by atoms with Crippen LogP contribution in [0.4, 0.5) is 5.69 Å². The Labute approximate surface area is 222 Å². The molecule has 0 aromatic heterocycles. The van der Waals surface area contributed by atoms with Crippen LogP contribution in [0.1, 0.15) is 24.1 Å². The molecule has 0 saturated carbocycles. The van der Waals surface area contributed by atoms with E-state index < -0.39 is 23.5 Å². The number of benzene rings is 3. The minimum absolute atomic E-state index is 0.0520. The summed E-state index contributed by atoms with van der Waals surface area (Å²) in [4.78, 5) is 28.2. The predicted molar refractivity (Wildman–Crippen MR) is 138 cm³/mol. The van der Waals surface area contributed by atoms with E-state index in [-0.39, 0.29) is 33.7 Å². The van der Waals surface area contributed by atoms with Crippen molar-refractivity contribution in [2.75, 3.05) is 25.4 Å². The van der Waals surface area contributed by atoms with E-state index >= 15 is 0 Å². The van der Waals surface area contributed by atoms with E-state index in [1.807, 2.05) is 6.92 Å². The maximum absolute atomic E-state index is 13.4. The summed E-state index contributed by atoms with van der Waals surface area (Å²) >= 11 is 12.6. The van der Waals surface area contributed by atoms with Gasteiger partial charge in [0.25, 0.3) is 11.7 Å². The van der Waals surface area contributed by atoms with E-state index in [0.29, 0.717) is 35.1 Å². The SMILES string of the molecule is CCOc1cccc(C2/C(=C(\O)c3cc(Cl)c(OC)c(Cl)c3)C(=O)C(=O)N2c2ccc3c(c2)OCO3)c1. The Morgan fingerprint density at radius 1 is 1.05 bits per heavy atom. The number of ketones is 1. The number of Topliss-reactive ketones (excluding diaryl/α,β-unsaturated/α-hetero) is 1. The van der Waals surface area contributed by atoms with Gasteiger partial charge in [0.2, 0.25) is 6.79 Å². The van der Waals surface area contributed by atoms with E-state index in [1.54, 1.807) is 42.5 Å². The van der Waals surface area contributed by atoms with Crippen molar-refractivity contribution in [1.29, 1.82) is 0 Å². The van der Waals surface area contributed by atoms with Gasteiger partial charge < -0.3 is 24.1 Å². The molecule has 1 saturated heterocycles. The van der Waals surface area contributed by atoms with Crippen LogP contribution in [0.5, 0.6) is 23.0 Å². The zero-order valence-electron chi connectivity index (χ0n) is 19.8. The smallest absolute Gasteiger partial charge is 0.300 e. The Kier molecular flexibility index (Phi) is 6.62. The molecule has 37 heavy (non-hydrogen) atoms. The Morgan fingerprint density at radius 3 is 2.49 bits per heavy atom. The van der Waals surface area contributed by atoms with Gasteiger partial charge in [-0.3, -0.25) is 14.5 Å². The van der Waals surface area contributed by atoms with Gasteiger partial charge in [0.15, 0.2) is 17.2 Å². The maximum Gasteiger partial charge on any atom is 0.300 e. The van der Waals surface area contributed by atoms with Crippen molar-refractivity contribution in [3.8, 4) is 23.0 Å². The van der Waals surface area contributed by atoms with Gasteiger partial charge >= 0.3 is 0 Å². The van der Waals surface area contributed by atoms with Crippen LogP contribution in [0.3, 0.4) is 0 Å². The van der Waals surface area contributed by atoms with Crippen LogP contribution < -0.4 is 23.8 Å². The van der Waals surface area contributed by atoms with Crippen molar-refractivity contribution in [2.45, 2.75) is 13.0 Å². The molecule has 5 rings (SSSR count). The molecular formula is C27H21Cl2NO7. The van der Waals surface area contributed by atoms with Gasteiger partial charge in [-0.2, -0.15) is 0 Å². The number of methoxy groups -OCH3 is 1. The maximum atomic E-state index is 13.4. The van der Waals surface area contributed by atoms with Crippen molar-refractivity contribution >= 4 is 46.3 Å². The molecule has 3 aromatic rings. The lowest BCUT2D eigenvalue weighted by molar-refractivity contribution is -0.132. The summed E-state index contributed by atoms with van der Waals surface area (Å²) in [5.74, 6) is -0.385. The summed E-state index contributed by atoms with van der Waals surface area (Å²) in [5.41, 5.74) is 0.970. The molecule has 2 aliphatic heterocycles. The number of nitrogens with zero attached hydrogens (tertiary/aromatic N) is 1. The number of hydrogen-bond acceptors (Lipinski definition) is 7. The first-order valence-electron chi connectivity index (χ1n) is 11.3. The summed E-state index contributed by atoms with van der Waals surface area (Å²) < 4.78 is 21.7. The topological polar surface area (TPSA) is 94.5 Å². The van der Waals surface area contributed by atoms with Crippen LogP contribution in [0, 0.1) is 0 Å². The number of carbonyl (C=O) groups is 2. The third-order valence-electron chi connectivity index (χ3n) is 6.04. The van der Waals surface area contributed by atoms with Crippen molar-refractivity contribution in [3.63, 3.8) is 0 Å². The summed E-state index contributed by atoms with van der Waals surface area (Å²) in [6, 6.07) is 13.8. The molecule has 0 aliphatic carbocycles. The number of ether oxygens (including phenoxy) is 4. The van der Waals surface area contributed by atoms with Crippen molar-refractivity contribution in [2.24, 2.45) is 0 Å². The molecule has 2 heterocycles. The molecule has 2 aliphatic rings. The van der Waals surface area contributed by atoms with Crippen LogP contribution >= 0.6 is 23.2 Å². The minimum atomic E-state index is -0.986. The fourth-order valence-corrected chi connectivity index (χ4v) is 5.08. The van der Waals surface area contributed by atoms with Crippen LogP contribution in [-0.2, 0) is 9.59 Å². The summed E-state index contributed by atoms with van der Waals surface area (Å²) in [7, 11) is 1.41. The number of amides is 1. The summed E-state index contributed by atoms with van der Waals surface area (Å²) in [6.45, 7) is 2.33. The number of carbonyl (C=O) groups excluding carboxylic acids is 2. The zero-order valence-corrected chi connectivity index (χ0v) is 21.3. The van der Waals surface area contributed by atoms with Crippen molar-refractivity contribution in [1.82, 2.24) is 0 Å². The lowest BCUT2D eigenvalue weighted by Gasteiger charge is -2.26. The normalized spacial score (nSPS) is 17.8. The molecule has 1 unspecified atom stereocenters. The first kappa shape index (κ1) is 24.8. The highest BCUT2D eigenvalue weighted by Crippen LogP contribution is 2.46. The number of fused-ring (bicyclic) bond motifs is 1. The number of aliphatic hydroxyl groups excluding tert-OH is 1. The molecule has 0 bridgehead atoms. The van der Waals surface area contributed by atoms with Gasteiger partial charge in [0.05, 0.1) is 35.4 Å². The average Bonchev–Trinajstić information content (AvgIpc) is 3.45. The van der Waals surface area contributed by atoms with E-state index in [9.17, 15) is 14.7 Å². The van der Waals surface area contributed by atoms with Crippen LogP contribution in [0.15, 0.2) is 60.2 Å². The highest BCUT2D eigenvalue weighted by atomic mass is 35.5. The molecule has 0 spiro atoms. The summed E-state index contributed by atoms with van der Waals surface area (Å²) in [6.07, 6.45) is 0. The Hall–Kier alpha value is -3.88. The Morgan fingerprint density at radius 2 is 1.78 bits per heavy atom. The van der Waals surface area contributed by atoms with Gasteiger partial charge in [-0.25, -0.2) is 0 Å². The van der Waals surface area contributed by atoms with E-state index in [4.69, 9.17) is 42.1 Å². The first-order chi connectivity index (χ1) is 17.8. The van der Waals surface area contributed by atoms with Gasteiger partial charge in [-0.05, 0) is 48.9 Å². The Bertz CT molecular complexity index is 1430. The number of anilines is 1. The molecule has 1 fully saturated rings. The quantitative estimate of drug-likeness (QED) is 0.241. The third kappa shape index (κ3) is 4.32. The zero-order chi connectivity index (χ0) is 26.3. The van der Waals surface area contributed by atoms with Gasteiger partial charge in [0, 0.05) is 17.3 Å². The number of hydrogen-bond donors (Lipinski definition) is 1. The second-order valence-corrected chi connectivity index (χ2v) is 9.00.